The molecule has 0 bridgehead atoms. The number of primary amides is 1. The third-order valence-electron chi connectivity index (χ3n) is 5.38. The Morgan fingerprint density at radius 1 is 1.31 bits per heavy atom. The molecule has 150 valence electrons. The maximum Gasteiger partial charge on any atom is 0.329 e. The van der Waals surface area contributed by atoms with Gasteiger partial charge in [-0.15, -0.1) is 0 Å². The van der Waals surface area contributed by atoms with Crippen molar-refractivity contribution in [3.63, 3.8) is 0 Å². The summed E-state index contributed by atoms with van der Waals surface area (Å²) in [4.78, 5) is 38.8. The van der Waals surface area contributed by atoms with Gasteiger partial charge in [0.2, 0.25) is 5.91 Å². The number of benzene rings is 1. The summed E-state index contributed by atoms with van der Waals surface area (Å²) in [6.45, 7) is 1.37. The van der Waals surface area contributed by atoms with Gasteiger partial charge < -0.3 is 15.4 Å². The van der Waals surface area contributed by atoms with Crippen molar-refractivity contribution in [1.29, 1.82) is 5.26 Å². The zero-order valence-corrected chi connectivity index (χ0v) is 17.1. The Hall–Kier alpha value is -2.82. The monoisotopic (exact) mass is 433 g/mol. The zero-order valence-electron chi connectivity index (χ0n) is 15.6. The lowest BCUT2D eigenvalue weighted by molar-refractivity contribution is -0.150. The van der Waals surface area contributed by atoms with E-state index in [0.717, 1.165) is 7.11 Å². The maximum absolute atomic E-state index is 13.0. The first-order chi connectivity index (χ1) is 13.7. The van der Waals surface area contributed by atoms with Crippen LogP contribution in [0.3, 0.4) is 0 Å². The number of ether oxygens (including phenoxy) is 1. The minimum atomic E-state index is -1.85. The molecule has 1 aromatic carbocycles. The normalized spacial score (nSPS) is 27.6. The molecule has 0 spiro atoms. The Morgan fingerprint density at radius 3 is 2.55 bits per heavy atom. The van der Waals surface area contributed by atoms with Crippen molar-refractivity contribution in [2.24, 2.45) is 11.1 Å². The summed E-state index contributed by atoms with van der Waals surface area (Å²) < 4.78 is 4.96. The first kappa shape index (κ1) is 20.9. The highest BCUT2D eigenvalue weighted by molar-refractivity contribution is 6.42. The molecule has 0 saturated carbocycles. The number of hydrogen-bond acceptors (Lipinski definition) is 6. The number of esters is 1. The molecule has 9 heteroatoms. The van der Waals surface area contributed by atoms with Crippen LogP contribution < -0.4 is 5.73 Å². The van der Waals surface area contributed by atoms with Crippen LogP contribution >= 0.6 is 23.2 Å². The van der Waals surface area contributed by atoms with Crippen LogP contribution in [0.15, 0.2) is 42.1 Å². The molecule has 0 aromatic heterocycles. The number of nitriles is 1. The molecule has 3 rings (SSSR count). The molecule has 2 N–H and O–H groups in total. The van der Waals surface area contributed by atoms with E-state index in [-0.39, 0.29) is 15.8 Å². The number of halogens is 2. The molecule has 1 aromatic rings. The van der Waals surface area contributed by atoms with Crippen molar-refractivity contribution in [2.75, 3.05) is 7.11 Å². The maximum atomic E-state index is 13.0. The summed E-state index contributed by atoms with van der Waals surface area (Å²) in [6.07, 6.45) is 4.49. The van der Waals surface area contributed by atoms with Gasteiger partial charge >= 0.3 is 5.97 Å². The smallest absolute Gasteiger partial charge is 0.329 e. The fourth-order valence-electron chi connectivity index (χ4n) is 4.12. The number of nitrogens with two attached hydrogens (primary N) is 1. The standard InChI is InChI=1S/C20H17Cl2N3O4/c1-10(26)11-6-7-14-20(9-23,19(28)29-2)15(17(18(24)27)25(14)8-11)12-4-3-5-13(21)16(12)22/h3-8,14-15,17H,1-2H3,(H2,24,27)/t14-,15-,17-,20+/m1/s1. The number of ketones is 1. The molecule has 0 radical (unpaired) electrons. The highest BCUT2D eigenvalue weighted by Crippen LogP contribution is 2.55. The number of amides is 1. The van der Waals surface area contributed by atoms with E-state index in [0.29, 0.717) is 11.1 Å². The van der Waals surface area contributed by atoms with Crippen molar-refractivity contribution in [1.82, 2.24) is 4.90 Å². The number of carbonyl (C=O) groups is 3. The predicted octanol–water partition coefficient (Wildman–Crippen LogP) is 2.34. The molecule has 7 nitrogen and oxygen atoms in total. The molecule has 29 heavy (non-hydrogen) atoms. The lowest BCUT2D eigenvalue weighted by Crippen LogP contribution is -2.45. The number of nitrogens with zero attached hydrogens (tertiary/aromatic N) is 2. The van der Waals surface area contributed by atoms with Crippen molar-refractivity contribution < 1.29 is 19.1 Å². The number of Topliss-reactive ketones (excluding diaryl/α,β-unsaturated/α-hetero) is 1. The Bertz CT molecular complexity index is 1010. The number of rotatable bonds is 4. The van der Waals surface area contributed by atoms with Gasteiger partial charge in [0.15, 0.2) is 11.2 Å². The van der Waals surface area contributed by atoms with E-state index in [1.807, 2.05) is 0 Å². The van der Waals surface area contributed by atoms with E-state index >= 15 is 0 Å². The van der Waals surface area contributed by atoms with Crippen molar-refractivity contribution in [3.8, 4) is 6.07 Å². The summed E-state index contributed by atoms with van der Waals surface area (Å²) >= 11 is 12.6. The zero-order chi connectivity index (χ0) is 21.5. The fraction of sp³-hybridized carbons (Fsp3) is 0.300. The lowest BCUT2D eigenvalue weighted by atomic mass is 9.68. The fourth-order valence-corrected chi connectivity index (χ4v) is 4.54. The molecule has 0 aliphatic carbocycles. The molecule has 2 heterocycles. The highest BCUT2D eigenvalue weighted by Gasteiger charge is 2.66. The average molecular weight is 434 g/mol. The largest absolute Gasteiger partial charge is 0.468 e. The van der Waals surface area contributed by atoms with Gasteiger partial charge in [-0.3, -0.25) is 14.4 Å². The van der Waals surface area contributed by atoms with Crippen LogP contribution in [0.2, 0.25) is 10.0 Å². The minimum Gasteiger partial charge on any atom is -0.468 e. The Balaban J connectivity index is 2.36. The summed E-state index contributed by atoms with van der Waals surface area (Å²) in [5.41, 5.74) is 4.48. The number of fused-ring (bicyclic) bond motifs is 1. The Labute approximate surface area is 177 Å². The topological polar surface area (TPSA) is 113 Å². The van der Waals surface area contributed by atoms with E-state index in [1.165, 1.54) is 30.2 Å². The van der Waals surface area contributed by atoms with Crippen molar-refractivity contribution >= 4 is 40.9 Å². The van der Waals surface area contributed by atoms with Crippen molar-refractivity contribution in [2.45, 2.75) is 24.9 Å². The first-order valence-electron chi connectivity index (χ1n) is 8.62. The first-order valence-corrected chi connectivity index (χ1v) is 9.37. The SMILES string of the molecule is COC(=O)[C@]1(C#N)[C@H](c2cccc(Cl)c2Cl)[C@H](C(N)=O)N2C=C(C(C)=O)C=C[C@@H]21. The summed E-state index contributed by atoms with van der Waals surface area (Å²) in [5.74, 6) is -2.95. The van der Waals surface area contributed by atoms with Crippen LogP contribution in [0.25, 0.3) is 0 Å². The van der Waals surface area contributed by atoms with Gasteiger partial charge in [0, 0.05) is 17.7 Å². The number of hydrogen-bond donors (Lipinski definition) is 1. The second kappa shape index (κ2) is 7.54. The van der Waals surface area contributed by atoms with Crippen LogP contribution in [0.4, 0.5) is 0 Å². The van der Waals surface area contributed by atoms with Crippen LogP contribution in [0.5, 0.6) is 0 Å². The van der Waals surface area contributed by atoms with E-state index in [4.69, 9.17) is 33.7 Å². The third kappa shape index (κ3) is 3.00. The molecular weight excluding hydrogens is 417 g/mol. The van der Waals surface area contributed by atoms with Crippen LogP contribution in [0.1, 0.15) is 18.4 Å². The van der Waals surface area contributed by atoms with Gasteiger partial charge in [0.05, 0.1) is 29.3 Å². The summed E-state index contributed by atoms with van der Waals surface area (Å²) in [7, 11) is 1.16. The molecule has 2 aliphatic rings. The van der Waals surface area contributed by atoms with Crippen LogP contribution in [0, 0.1) is 16.7 Å². The molecular formula is C20H17Cl2N3O4. The highest BCUT2D eigenvalue weighted by atomic mass is 35.5. The Morgan fingerprint density at radius 2 is 2.00 bits per heavy atom. The second-order valence-corrected chi connectivity index (χ2v) is 7.62. The molecule has 4 atom stereocenters. The molecule has 2 aliphatic heterocycles. The number of methoxy groups -OCH3 is 1. The summed E-state index contributed by atoms with van der Waals surface area (Å²) in [6, 6.07) is 4.75. The van der Waals surface area contributed by atoms with Crippen LogP contribution in [-0.2, 0) is 19.1 Å². The van der Waals surface area contributed by atoms with Gasteiger partial charge in [-0.05, 0) is 18.6 Å². The minimum absolute atomic E-state index is 0.105. The van der Waals surface area contributed by atoms with Gasteiger partial charge in [-0.2, -0.15) is 5.26 Å². The average Bonchev–Trinajstić information content (AvgIpc) is 2.99. The van der Waals surface area contributed by atoms with Crippen molar-refractivity contribution in [3.05, 3.63) is 57.7 Å². The van der Waals surface area contributed by atoms with E-state index in [2.05, 4.69) is 6.07 Å². The molecule has 1 fully saturated rings. The van der Waals surface area contributed by atoms with Gasteiger partial charge in [0.1, 0.15) is 6.04 Å². The lowest BCUT2D eigenvalue weighted by Gasteiger charge is -2.32. The number of carbonyl (C=O) groups excluding carboxylic acids is 3. The predicted molar refractivity (Wildman–Crippen MR) is 106 cm³/mol. The van der Waals surface area contributed by atoms with E-state index < -0.39 is 35.3 Å². The van der Waals surface area contributed by atoms with E-state index in [1.54, 1.807) is 18.2 Å². The Kier molecular flexibility index (Phi) is 5.44. The van der Waals surface area contributed by atoms with Crippen LogP contribution in [-0.4, -0.2) is 41.8 Å². The third-order valence-corrected chi connectivity index (χ3v) is 6.22. The quantitative estimate of drug-likeness (QED) is 0.728. The van der Waals surface area contributed by atoms with Gasteiger partial charge in [-0.25, -0.2) is 0 Å². The molecule has 0 unspecified atom stereocenters. The molecule has 1 amide bonds. The molecule has 1 saturated heterocycles. The number of allylic oxidation sites excluding steroid dienone is 2. The van der Waals surface area contributed by atoms with Gasteiger partial charge in [0.25, 0.3) is 0 Å². The summed E-state index contributed by atoms with van der Waals surface area (Å²) in [5, 5.41) is 10.5. The van der Waals surface area contributed by atoms with E-state index in [9.17, 15) is 19.6 Å². The van der Waals surface area contributed by atoms with Gasteiger partial charge in [-0.1, -0.05) is 47.5 Å². The second-order valence-electron chi connectivity index (χ2n) is 6.83.